The van der Waals surface area contributed by atoms with Gasteiger partial charge in [-0.1, -0.05) is 54.7 Å². The van der Waals surface area contributed by atoms with Gasteiger partial charge in [0.2, 0.25) is 0 Å². The van der Waals surface area contributed by atoms with Crippen LogP contribution >= 0.6 is 34.6 Å². The maximum atomic E-state index is 13.4. The van der Waals surface area contributed by atoms with E-state index in [4.69, 9.17) is 4.74 Å². The molecule has 0 aliphatic heterocycles. The van der Waals surface area contributed by atoms with Crippen LogP contribution in [0.5, 0.6) is 11.5 Å². The molecule has 4 aromatic rings. The lowest BCUT2D eigenvalue weighted by atomic mass is 10.2. The minimum Gasteiger partial charge on any atom is -0.451 e. The normalized spacial score (nSPS) is 10.9. The molecule has 0 atom stereocenters. The van der Waals surface area contributed by atoms with Crippen molar-refractivity contribution in [2.75, 3.05) is 0 Å². The number of nitrogens with zero attached hydrogens (tertiary/aromatic N) is 3. The van der Waals surface area contributed by atoms with Gasteiger partial charge in [-0.05, 0) is 29.8 Å². The van der Waals surface area contributed by atoms with E-state index in [1.165, 1.54) is 44.4 Å². The average Bonchev–Trinajstić information content (AvgIpc) is 2.77. The molecule has 0 saturated carbocycles. The van der Waals surface area contributed by atoms with Crippen molar-refractivity contribution in [1.82, 2.24) is 12.7 Å². The van der Waals surface area contributed by atoms with Gasteiger partial charge in [0.05, 0.1) is 22.9 Å². The molecule has 30 heavy (non-hydrogen) atoms. The molecule has 0 amide bonds. The van der Waals surface area contributed by atoms with Crippen molar-refractivity contribution in [3.63, 3.8) is 0 Å². The molecular weight excluding hydrogens is 516 g/mol. The average molecular weight is 531 g/mol. The van der Waals surface area contributed by atoms with Gasteiger partial charge in [0.15, 0.2) is 16.6 Å². The van der Waals surface area contributed by atoms with Gasteiger partial charge in [-0.3, -0.25) is 4.79 Å². The van der Waals surface area contributed by atoms with Crippen LogP contribution in [0.2, 0.25) is 0 Å². The van der Waals surface area contributed by atoms with Crippen molar-refractivity contribution in [1.29, 1.82) is 0 Å². The molecule has 8 heteroatoms. The number of halogens is 2. The van der Waals surface area contributed by atoms with E-state index in [0.29, 0.717) is 27.5 Å². The Hall–Kier alpha value is -2.72. The van der Waals surface area contributed by atoms with Crippen LogP contribution < -0.4 is 10.3 Å². The first-order chi connectivity index (χ1) is 14.5. The molecule has 4 rings (SSSR count). The smallest absolute Gasteiger partial charge is 0.304 e. The zero-order valence-corrected chi connectivity index (χ0v) is 18.6. The Balaban J connectivity index is 1.65. The lowest BCUT2D eigenvalue weighted by Gasteiger charge is -2.11. The van der Waals surface area contributed by atoms with E-state index in [9.17, 15) is 9.18 Å². The summed E-state index contributed by atoms with van der Waals surface area (Å²) in [6.45, 7) is 3.66. The van der Waals surface area contributed by atoms with Gasteiger partial charge in [-0.15, -0.1) is 0 Å². The van der Waals surface area contributed by atoms with E-state index in [0.717, 1.165) is 5.75 Å². The molecule has 0 spiro atoms. The maximum absolute atomic E-state index is 13.4. The highest BCUT2D eigenvalue weighted by Gasteiger charge is 2.14. The number of hydrogen-bond acceptors (Lipinski definition) is 5. The van der Waals surface area contributed by atoms with E-state index < -0.39 is 5.82 Å². The number of aromatic nitrogens is 3. The quantitative estimate of drug-likeness (QED) is 0.177. The molecule has 5 nitrogen and oxygen atoms in total. The lowest BCUT2D eigenvalue weighted by Crippen LogP contribution is -2.15. The van der Waals surface area contributed by atoms with Crippen LogP contribution in [0.25, 0.3) is 17.1 Å². The number of pyridine rings is 1. The predicted octanol–water partition coefficient (Wildman–Crippen LogP) is 5.86. The second-order valence-electron chi connectivity index (χ2n) is 6.29. The molecular formula is C22H15FIN3O2S. The van der Waals surface area contributed by atoms with Crippen LogP contribution in [0.4, 0.5) is 4.39 Å². The van der Waals surface area contributed by atoms with Gasteiger partial charge >= 0.3 is 5.56 Å². The summed E-state index contributed by atoms with van der Waals surface area (Å²) in [5.41, 5.74) is 1.76. The van der Waals surface area contributed by atoms with Crippen LogP contribution in [0.1, 0.15) is 11.1 Å². The molecule has 0 bridgehead atoms. The van der Waals surface area contributed by atoms with Gasteiger partial charge < -0.3 is 4.74 Å². The first kappa shape index (κ1) is 20.5. The number of ether oxygens (including phenoxy) is 1. The molecule has 2 heterocycles. The highest BCUT2D eigenvalue weighted by atomic mass is 127. The molecule has 0 unspecified atom stereocenters. The maximum Gasteiger partial charge on any atom is 0.304 e. The third-order valence-corrected chi connectivity index (χ3v) is 6.09. The Morgan fingerprint density at radius 3 is 2.73 bits per heavy atom. The van der Waals surface area contributed by atoms with Gasteiger partial charge in [0.1, 0.15) is 11.6 Å². The zero-order chi connectivity index (χ0) is 21.1. The number of benzene rings is 2. The predicted molar refractivity (Wildman–Crippen MR) is 126 cm³/mol. The lowest BCUT2D eigenvalue weighted by molar-refractivity contribution is 0.472. The van der Waals surface area contributed by atoms with Crippen molar-refractivity contribution in [3.8, 4) is 11.5 Å². The van der Waals surface area contributed by atoms with Crippen LogP contribution in [0.3, 0.4) is 0 Å². The molecule has 0 aliphatic rings. The standard InChI is InChI=1S/C22H15FIN3O2S/c1-2-15-10-17(23)8-9-18(15)29-19-11-16-12-25-22(26-20(16)27(24)21(19)28)30-13-14-6-4-3-5-7-14/h2-12H,1,13H2. The van der Waals surface area contributed by atoms with Crippen LogP contribution in [0, 0.1) is 5.82 Å². The Morgan fingerprint density at radius 2 is 1.97 bits per heavy atom. The summed E-state index contributed by atoms with van der Waals surface area (Å²) in [6.07, 6.45) is 3.14. The van der Waals surface area contributed by atoms with Crippen molar-refractivity contribution in [2.24, 2.45) is 0 Å². The monoisotopic (exact) mass is 531 g/mol. The van der Waals surface area contributed by atoms with Crippen LogP contribution in [-0.2, 0) is 5.75 Å². The van der Waals surface area contributed by atoms with Crippen molar-refractivity contribution < 1.29 is 9.13 Å². The third kappa shape index (κ3) is 4.39. The Morgan fingerprint density at radius 1 is 1.17 bits per heavy atom. The number of hydrogen-bond donors (Lipinski definition) is 0. The molecule has 0 N–H and O–H groups in total. The molecule has 2 aromatic carbocycles. The topological polar surface area (TPSA) is 57.0 Å². The Bertz CT molecular complexity index is 1300. The highest BCUT2D eigenvalue weighted by Crippen LogP contribution is 2.28. The van der Waals surface area contributed by atoms with Gasteiger partial charge in [-0.2, -0.15) is 0 Å². The fraction of sp³-hybridized carbons (Fsp3) is 0.0455. The second kappa shape index (κ2) is 8.97. The fourth-order valence-corrected chi connectivity index (χ4v) is 4.17. The summed E-state index contributed by atoms with van der Waals surface area (Å²) < 4.78 is 20.6. The highest BCUT2D eigenvalue weighted by molar-refractivity contribution is 14.1. The summed E-state index contributed by atoms with van der Waals surface area (Å²) in [4.78, 5) is 21.7. The minimum atomic E-state index is -0.406. The Kier molecular flexibility index (Phi) is 6.14. The van der Waals surface area contributed by atoms with E-state index in [1.807, 2.05) is 53.2 Å². The molecule has 0 radical (unpaired) electrons. The molecule has 150 valence electrons. The minimum absolute atomic E-state index is 0.0971. The van der Waals surface area contributed by atoms with Crippen molar-refractivity contribution >= 4 is 51.7 Å². The molecule has 2 aromatic heterocycles. The van der Waals surface area contributed by atoms with Crippen molar-refractivity contribution in [2.45, 2.75) is 10.9 Å². The number of thioether (sulfide) groups is 1. The summed E-state index contributed by atoms with van der Waals surface area (Å²) in [5, 5.41) is 1.24. The van der Waals surface area contributed by atoms with Gasteiger partial charge in [0, 0.05) is 22.9 Å². The van der Waals surface area contributed by atoms with E-state index in [1.54, 1.807) is 12.3 Å². The summed E-state index contributed by atoms with van der Waals surface area (Å²) in [7, 11) is 0. The second-order valence-corrected chi connectivity index (χ2v) is 8.20. The van der Waals surface area contributed by atoms with Crippen molar-refractivity contribution in [3.05, 3.63) is 94.7 Å². The zero-order valence-electron chi connectivity index (χ0n) is 15.6. The fourth-order valence-electron chi connectivity index (χ4n) is 2.78. The van der Waals surface area contributed by atoms with E-state index in [2.05, 4.69) is 16.5 Å². The van der Waals surface area contributed by atoms with Crippen LogP contribution in [-0.4, -0.2) is 12.7 Å². The van der Waals surface area contributed by atoms with Crippen LogP contribution in [0.15, 0.2) is 77.3 Å². The molecule has 0 saturated heterocycles. The number of fused-ring (bicyclic) bond motifs is 1. The largest absolute Gasteiger partial charge is 0.451 e. The molecule has 0 fully saturated rings. The SMILES string of the molecule is C=Cc1cc(F)ccc1Oc1cc2cnc(SCc3ccccc3)nc2n(I)c1=O. The first-order valence-electron chi connectivity index (χ1n) is 8.90. The summed E-state index contributed by atoms with van der Waals surface area (Å²) in [5.74, 6) is 0.763. The Labute approximate surface area is 190 Å². The summed E-state index contributed by atoms with van der Waals surface area (Å²) in [6, 6.07) is 15.6. The third-order valence-electron chi connectivity index (χ3n) is 4.26. The van der Waals surface area contributed by atoms with Gasteiger partial charge in [-0.25, -0.2) is 17.1 Å². The number of rotatable bonds is 6. The first-order valence-corrected chi connectivity index (χ1v) is 10.9. The van der Waals surface area contributed by atoms with E-state index in [-0.39, 0.29) is 11.3 Å². The summed E-state index contributed by atoms with van der Waals surface area (Å²) >= 11 is 3.39. The molecule has 0 aliphatic carbocycles. The van der Waals surface area contributed by atoms with E-state index >= 15 is 0 Å². The van der Waals surface area contributed by atoms with Gasteiger partial charge in [0.25, 0.3) is 0 Å².